The maximum Gasteiger partial charge on any atom is 0.0313 e. The first-order chi connectivity index (χ1) is 11.9. The van der Waals surface area contributed by atoms with Crippen LogP contribution >= 0.6 is 0 Å². The highest BCUT2D eigenvalue weighted by Gasteiger charge is 2.09. The molecule has 0 aromatic heterocycles. The summed E-state index contributed by atoms with van der Waals surface area (Å²) < 4.78 is 0. The second-order valence-corrected chi connectivity index (χ2v) is 7.56. The van der Waals surface area contributed by atoms with Crippen molar-refractivity contribution in [1.82, 2.24) is 14.7 Å². The lowest BCUT2D eigenvalue weighted by molar-refractivity contribution is 0.313. The Hall–Kier alpha value is -1.68. The monoisotopic (exact) mass is 339 g/mol. The Balaban J connectivity index is 2.00. The van der Waals surface area contributed by atoms with Crippen LogP contribution < -0.4 is 0 Å². The summed E-state index contributed by atoms with van der Waals surface area (Å²) in [5.74, 6) is 0. The van der Waals surface area contributed by atoms with Gasteiger partial charge in [-0.1, -0.05) is 48.5 Å². The SMILES string of the molecule is C[C@H](c1ccc(CN(C)Cc2ccccc2CN(C)C)cc1)N(C)C. The first-order valence-corrected chi connectivity index (χ1v) is 9.02. The Bertz CT molecular complexity index is 647. The molecular formula is C22H33N3. The van der Waals surface area contributed by atoms with E-state index < -0.39 is 0 Å². The van der Waals surface area contributed by atoms with Gasteiger partial charge in [-0.2, -0.15) is 0 Å². The minimum absolute atomic E-state index is 0.449. The van der Waals surface area contributed by atoms with E-state index in [0.717, 1.165) is 19.6 Å². The summed E-state index contributed by atoms with van der Waals surface area (Å²) in [5.41, 5.74) is 5.56. The Labute approximate surface area is 153 Å². The molecule has 3 nitrogen and oxygen atoms in total. The number of hydrogen-bond donors (Lipinski definition) is 0. The zero-order valence-corrected chi connectivity index (χ0v) is 16.7. The summed E-state index contributed by atoms with van der Waals surface area (Å²) in [6.07, 6.45) is 0. The molecule has 3 heteroatoms. The molecule has 1 atom stereocenters. The lowest BCUT2D eigenvalue weighted by Gasteiger charge is -2.22. The molecule has 0 amide bonds. The molecular weight excluding hydrogens is 306 g/mol. The van der Waals surface area contributed by atoms with Crippen molar-refractivity contribution in [1.29, 1.82) is 0 Å². The molecule has 2 aromatic rings. The van der Waals surface area contributed by atoms with E-state index in [2.05, 4.69) is 105 Å². The van der Waals surface area contributed by atoms with Gasteiger partial charge in [-0.15, -0.1) is 0 Å². The third-order valence-electron chi connectivity index (χ3n) is 4.73. The van der Waals surface area contributed by atoms with E-state index in [1.165, 1.54) is 22.3 Å². The van der Waals surface area contributed by atoms with Crippen LogP contribution in [0, 0.1) is 0 Å². The van der Waals surface area contributed by atoms with Gasteiger partial charge in [-0.25, -0.2) is 0 Å². The Morgan fingerprint density at radius 2 is 1.28 bits per heavy atom. The molecule has 0 aliphatic heterocycles. The second kappa shape index (κ2) is 9.14. The highest BCUT2D eigenvalue weighted by Crippen LogP contribution is 2.19. The van der Waals surface area contributed by atoms with Crippen LogP contribution in [0.2, 0.25) is 0 Å². The molecule has 0 heterocycles. The van der Waals surface area contributed by atoms with Crippen molar-refractivity contribution < 1.29 is 0 Å². The van der Waals surface area contributed by atoms with Gasteiger partial charge in [-0.3, -0.25) is 4.90 Å². The van der Waals surface area contributed by atoms with Gasteiger partial charge >= 0.3 is 0 Å². The van der Waals surface area contributed by atoms with Crippen LogP contribution in [0.1, 0.15) is 35.2 Å². The van der Waals surface area contributed by atoms with Crippen LogP contribution in [0.3, 0.4) is 0 Å². The summed E-state index contributed by atoms with van der Waals surface area (Å²) in [7, 11) is 10.7. The van der Waals surface area contributed by atoms with Crippen molar-refractivity contribution in [3.8, 4) is 0 Å². The largest absolute Gasteiger partial charge is 0.305 e. The van der Waals surface area contributed by atoms with Gasteiger partial charge in [0.05, 0.1) is 0 Å². The average Bonchev–Trinajstić information content (AvgIpc) is 2.56. The van der Waals surface area contributed by atoms with Crippen molar-refractivity contribution >= 4 is 0 Å². The molecule has 0 unspecified atom stereocenters. The van der Waals surface area contributed by atoms with Gasteiger partial charge in [0.1, 0.15) is 0 Å². The minimum Gasteiger partial charge on any atom is -0.305 e. The molecule has 0 aliphatic rings. The normalized spacial score (nSPS) is 13.0. The second-order valence-electron chi connectivity index (χ2n) is 7.56. The van der Waals surface area contributed by atoms with Gasteiger partial charge in [0.2, 0.25) is 0 Å². The molecule has 0 spiro atoms. The molecule has 2 aromatic carbocycles. The summed E-state index contributed by atoms with van der Waals surface area (Å²) in [4.78, 5) is 6.85. The number of rotatable bonds is 8. The van der Waals surface area contributed by atoms with Gasteiger partial charge in [0, 0.05) is 25.7 Å². The van der Waals surface area contributed by atoms with E-state index in [4.69, 9.17) is 0 Å². The Morgan fingerprint density at radius 1 is 0.720 bits per heavy atom. The van der Waals surface area contributed by atoms with E-state index in [0.29, 0.717) is 6.04 Å². The lowest BCUT2D eigenvalue weighted by Crippen LogP contribution is -2.20. The maximum atomic E-state index is 2.39. The first-order valence-electron chi connectivity index (χ1n) is 9.02. The molecule has 0 radical (unpaired) electrons. The van der Waals surface area contributed by atoms with Crippen LogP contribution in [-0.4, -0.2) is 49.9 Å². The van der Waals surface area contributed by atoms with Crippen molar-refractivity contribution in [3.63, 3.8) is 0 Å². The molecule has 2 rings (SSSR count). The molecule has 0 aliphatic carbocycles. The van der Waals surface area contributed by atoms with E-state index in [9.17, 15) is 0 Å². The summed E-state index contributed by atoms with van der Waals surface area (Å²) in [5, 5.41) is 0. The van der Waals surface area contributed by atoms with E-state index in [1.54, 1.807) is 0 Å². The van der Waals surface area contributed by atoms with Gasteiger partial charge in [-0.05, 0) is 64.4 Å². The third kappa shape index (κ3) is 5.96. The van der Waals surface area contributed by atoms with Gasteiger partial charge < -0.3 is 9.80 Å². The van der Waals surface area contributed by atoms with Crippen molar-refractivity contribution in [2.45, 2.75) is 32.6 Å². The van der Waals surface area contributed by atoms with Crippen molar-refractivity contribution in [3.05, 3.63) is 70.8 Å². The molecule has 25 heavy (non-hydrogen) atoms. The zero-order chi connectivity index (χ0) is 18.4. The number of nitrogens with zero attached hydrogens (tertiary/aromatic N) is 3. The van der Waals surface area contributed by atoms with Crippen molar-refractivity contribution in [2.24, 2.45) is 0 Å². The minimum atomic E-state index is 0.449. The molecule has 0 N–H and O–H groups in total. The quantitative estimate of drug-likeness (QED) is 0.720. The summed E-state index contributed by atoms with van der Waals surface area (Å²) in [6.45, 7) is 5.16. The number of benzene rings is 2. The predicted molar refractivity (Wildman–Crippen MR) is 108 cm³/mol. The predicted octanol–water partition coefficient (Wildman–Crippen LogP) is 4.00. The Morgan fingerprint density at radius 3 is 1.80 bits per heavy atom. The smallest absolute Gasteiger partial charge is 0.0313 e. The van der Waals surface area contributed by atoms with Crippen molar-refractivity contribution in [2.75, 3.05) is 35.2 Å². The number of hydrogen-bond acceptors (Lipinski definition) is 3. The van der Waals surface area contributed by atoms with Crippen LogP contribution in [0.25, 0.3) is 0 Å². The zero-order valence-electron chi connectivity index (χ0n) is 16.7. The van der Waals surface area contributed by atoms with Crippen LogP contribution in [0.4, 0.5) is 0 Å². The van der Waals surface area contributed by atoms with Crippen LogP contribution in [-0.2, 0) is 19.6 Å². The fourth-order valence-electron chi connectivity index (χ4n) is 3.06. The van der Waals surface area contributed by atoms with Gasteiger partial charge in [0.25, 0.3) is 0 Å². The maximum absolute atomic E-state index is 2.39. The third-order valence-corrected chi connectivity index (χ3v) is 4.73. The average molecular weight is 340 g/mol. The first kappa shape index (κ1) is 19.6. The summed E-state index contributed by atoms with van der Waals surface area (Å²) >= 11 is 0. The molecule has 0 fully saturated rings. The topological polar surface area (TPSA) is 9.72 Å². The standard InChI is InChI=1S/C22H33N3/c1-18(24(4)5)20-13-11-19(12-14-20)15-25(6)17-22-10-8-7-9-21(22)16-23(2)3/h7-14,18H,15-17H2,1-6H3/t18-/m1/s1. The summed E-state index contributed by atoms with van der Waals surface area (Å²) in [6, 6.07) is 18.2. The van der Waals surface area contributed by atoms with E-state index >= 15 is 0 Å². The lowest BCUT2D eigenvalue weighted by atomic mass is 10.0. The van der Waals surface area contributed by atoms with Crippen LogP contribution in [0.5, 0.6) is 0 Å². The van der Waals surface area contributed by atoms with Crippen LogP contribution in [0.15, 0.2) is 48.5 Å². The molecule has 0 saturated carbocycles. The molecule has 136 valence electrons. The van der Waals surface area contributed by atoms with Gasteiger partial charge in [0.15, 0.2) is 0 Å². The van der Waals surface area contributed by atoms with E-state index in [-0.39, 0.29) is 0 Å². The fraction of sp³-hybridized carbons (Fsp3) is 0.455. The molecule has 0 bridgehead atoms. The Kier molecular flexibility index (Phi) is 7.18. The fourth-order valence-corrected chi connectivity index (χ4v) is 3.06. The highest BCUT2D eigenvalue weighted by atomic mass is 15.1. The van der Waals surface area contributed by atoms with E-state index in [1.807, 2.05) is 0 Å². The highest BCUT2D eigenvalue weighted by molar-refractivity contribution is 5.28. The molecule has 0 saturated heterocycles.